The summed E-state index contributed by atoms with van der Waals surface area (Å²) in [5.74, 6) is -4.30. The fourth-order valence-electron chi connectivity index (χ4n) is 7.33. The number of amides is 7. The standard InChI is InChI=1S/C44H61N9O9/c1-7-13-32(51-35(54)23-48-42(60)33(22-24(2)3)52-41(59)27(6)50-40(58)26(5)49-39(57)25(4)45)44(62)53-21-11-18-34(53)43(61)47-20-12-19-46-31-17-10-16-30-36(31)38(56)29-15-9-8-14-28(29)37(30)55/h8-10,14-17,24-27,32-34,46H,7,11-13,18-23,45H2,1-6H3,(H,47,61)(H,48,60)(H,49,57)(H,50,58)(H,51,54)(H,52,59)/t25-,26-,27-,32-,33-,34-/m0/s1. The predicted molar refractivity (Wildman–Crippen MR) is 231 cm³/mol. The van der Waals surface area contributed by atoms with Crippen LogP contribution in [0.3, 0.4) is 0 Å². The minimum Gasteiger partial charge on any atom is -0.384 e. The summed E-state index contributed by atoms with van der Waals surface area (Å²) in [5, 5.41) is 18.9. The van der Waals surface area contributed by atoms with Gasteiger partial charge in [0, 0.05) is 42.0 Å². The van der Waals surface area contributed by atoms with Gasteiger partial charge in [0.05, 0.1) is 18.2 Å². The lowest BCUT2D eigenvalue weighted by atomic mass is 9.83. The fraction of sp³-hybridized carbons (Fsp3) is 0.523. The van der Waals surface area contributed by atoms with Gasteiger partial charge in [-0.1, -0.05) is 63.6 Å². The van der Waals surface area contributed by atoms with Crippen LogP contribution in [0.2, 0.25) is 0 Å². The van der Waals surface area contributed by atoms with Crippen LogP contribution in [-0.4, -0.2) is 120 Å². The topological polar surface area (TPSA) is 267 Å². The SMILES string of the molecule is CCC[C@H](NC(=O)CNC(=O)[C@H](CC(C)C)NC(=O)[C@H](C)NC(=O)[C@H](C)NC(=O)[C@H](C)N)C(=O)N1CCC[C@H]1C(=O)NCCCNc1cccc2c1C(=O)c1ccccc1C2=O. The van der Waals surface area contributed by atoms with E-state index in [4.69, 9.17) is 5.73 Å². The molecule has 1 saturated heterocycles. The number of hydrogen-bond donors (Lipinski definition) is 8. The second kappa shape index (κ2) is 22.6. The molecule has 9 N–H and O–H groups in total. The maximum Gasteiger partial charge on any atom is 0.245 e. The molecule has 336 valence electrons. The van der Waals surface area contributed by atoms with E-state index in [0.717, 1.165) is 0 Å². The molecule has 0 aromatic heterocycles. The Morgan fingerprint density at radius 3 is 2.00 bits per heavy atom. The number of hydrogen-bond acceptors (Lipinski definition) is 11. The van der Waals surface area contributed by atoms with Crippen LogP contribution in [0.25, 0.3) is 0 Å². The number of carbonyl (C=O) groups is 9. The van der Waals surface area contributed by atoms with Gasteiger partial charge in [-0.15, -0.1) is 0 Å². The van der Waals surface area contributed by atoms with Crippen LogP contribution < -0.4 is 43.0 Å². The highest BCUT2D eigenvalue weighted by Gasteiger charge is 2.38. The maximum absolute atomic E-state index is 13.8. The molecule has 7 amide bonds. The third-order valence-electron chi connectivity index (χ3n) is 10.7. The number of ketones is 2. The number of rotatable bonds is 21. The van der Waals surface area contributed by atoms with Gasteiger partial charge in [-0.05, 0) is 64.9 Å². The third-order valence-corrected chi connectivity index (χ3v) is 10.7. The van der Waals surface area contributed by atoms with Crippen LogP contribution in [0.4, 0.5) is 5.69 Å². The predicted octanol–water partition coefficient (Wildman–Crippen LogP) is 0.660. The number of anilines is 1. The Kier molecular flexibility index (Phi) is 17.7. The summed E-state index contributed by atoms with van der Waals surface area (Å²) < 4.78 is 0. The number of carbonyl (C=O) groups excluding carboxylic acids is 9. The molecule has 4 rings (SSSR count). The van der Waals surface area contributed by atoms with Crippen molar-refractivity contribution in [3.05, 3.63) is 64.7 Å². The molecule has 1 aliphatic heterocycles. The number of nitrogens with one attached hydrogen (secondary N) is 7. The van der Waals surface area contributed by atoms with Gasteiger partial charge in [-0.2, -0.15) is 0 Å². The Hall–Kier alpha value is -6.17. The average Bonchev–Trinajstić information content (AvgIpc) is 3.74. The van der Waals surface area contributed by atoms with Crippen molar-refractivity contribution in [3.8, 4) is 0 Å². The second-order valence-corrected chi connectivity index (χ2v) is 16.3. The first-order valence-corrected chi connectivity index (χ1v) is 21.3. The summed E-state index contributed by atoms with van der Waals surface area (Å²) in [5.41, 5.74) is 7.47. The minimum atomic E-state index is -1.07. The quantitative estimate of drug-likeness (QED) is 0.0690. The third kappa shape index (κ3) is 12.7. The van der Waals surface area contributed by atoms with Crippen molar-refractivity contribution in [2.24, 2.45) is 11.7 Å². The molecule has 0 spiro atoms. The first-order valence-electron chi connectivity index (χ1n) is 21.3. The Morgan fingerprint density at radius 1 is 0.726 bits per heavy atom. The van der Waals surface area contributed by atoms with E-state index in [9.17, 15) is 43.2 Å². The zero-order chi connectivity index (χ0) is 45.7. The van der Waals surface area contributed by atoms with Crippen LogP contribution in [0.15, 0.2) is 42.5 Å². The molecule has 18 heteroatoms. The lowest BCUT2D eigenvalue weighted by Gasteiger charge is -2.29. The van der Waals surface area contributed by atoms with Crippen molar-refractivity contribution in [1.82, 2.24) is 36.8 Å². The van der Waals surface area contributed by atoms with Gasteiger partial charge in [-0.3, -0.25) is 43.2 Å². The van der Waals surface area contributed by atoms with Crippen molar-refractivity contribution < 1.29 is 43.2 Å². The van der Waals surface area contributed by atoms with Gasteiger partial charge in [0.15, 0.2) is 11.6 Å². The van der Waals surface area contributed by atoms with Gasteiger partial charge < -0.3 is 47.9 Å². The van der Waals surface area contributed by atoms with Gasteiger partial charge >= 0.3 is 0 Å². The Morgan fingerprint density at radius 2 is 1.35 bits per heavy atom. The Balaban J connectivity index is 1.25. The molecule has 62 heavy (non-hydrogen) atoms. The lowest BCUT2D eigenvalue weighted by Crippen LogP contribution is -2.57. The van der Waals surface area contributed by atoms with Crippen molar-refractivity contribution in [2.75, 3.05) is 31.5 Å². The van der Waals surface area contributed by atoms with Crippen molar-refractivity contribution >= 4 is 58.6 Å². The van der Waals surface area contributed by atoms with Crippen molar-refractivity contribution in [1.29, 1.82) is 0 Å². The molecule has 0 bridgehead atoms. The summed E-state index contributed by atoms with van der Waals surface area (Å²) in [6, 6.07) is 6.24. The number of nitrogens with zero attached hydrogens (tertiary/aromatic N) is 1. The molecule has 6 atom stereocenters. The van der Waals surface area contributed by atoms with Crippen molar-refractivity contribution in [3.63, 3.8) is 0 Å². The minimum absolute atomic E-state index is 0.0362. The maximum atomic E-state index is 13.8. The molecule has 0 radical (unpaired) electrons. The van der Waals surface area contributed by atoms with Crippen molar-refractivity contribution in [2.45, 2.75) is 116 Å². The summed E-state index contributed by atoms with van der Waals surface area (Å²) in [7, 11) is 0. The number of fused-ring (bicyclic) bond motifs is 2. The van der Waals surface area contributed by atoms with Gasteiger partial charge in [0.1, 0.15) is 30.2 Å². The van der Waals surface area contributed by atoms with E-state index in [1.54, 1.807) is 42.5 Å². The first-order chi connectivity index (χ1) is 29.4. The van der Waals surface area contributed by atoms with E-state index in [-0.39, 0.29) is 36.4 Å². The molecule has 2 aliphatic rings. The smallest absolute Gasteiger partial charge is 0.245 e. The molecule has 0 unspecified atom stereocenters. The molecule has 1 heterocycles. The normalized spacial score (nSPS) is 16.7. The van der Waals surface area contributed by atoms with Crippen LogP contribution in [-0.2, 0) is 33.6 Å². The summed E-state index contributed by atoms with van der Waals surface area (Å²) in [6.45, 7) is 10.4. The molecular formula is C44H61N9O9. The lowest BCUT2D eigenvalue weighted by molar-refractivity contribution is -0.141. The highest BCUT2D eigenvalue weighted by atomic mass is 16.2. The summed E-state index contributed by atoms with van der Waals surface area (Å²) in [6.07, 6.45) is 2.59. The molecule has 1 fully saturated rings. The van der Waals surface area contributed by atoms with E-state index in [0.29, 0.717) is 73.1 Å². The Labute approximate surface area is 362 Å². The molecule has 2 aromatic rings. The summed E-state index contributed by atoms with van der Waals surface area (Å²) >= 11 is 0. The molecule has 1 aliphatic carbocycles. The number of benzene rings is 2. The number of likely N-dealkylation sites (tertiary alicyclic amines) is 1. The Bertz CT molecular complexity index is 2020. The molecular weight excluding hydrogens is 799 g/mol. The van der Waals surface area contributed by atoms with Crippen LogP contribution in [0, 0.1) is 5.92 Å². The zero-order valence-electron chi connectivity index (χ0n) is 36.4. The summed E-state index contributed by atoms with van der Waals surface area (Å²) in [4.78, 5) is 119. The largest absolute Gasteiger partial charge is 0.384 e. The molecule has 0 saturated carbocycles. The van der Waals surface area contributed by atoms with Crippen LogP contribution in [0.1, 0.15) is 112 Å². The van der Waals surface area contributed by atoms with Gasteiger partial charge in [-0.25, -0.2) is 0 Å². The molecule has 2 aromatic carbocycles. The highest BCUT2D eigenvalue weighted by molar-refractivity contribution is 6.30. The monoisotopic (exact) mass is 859 g/mol. The average molecular weight is 860 g/mol. The van der Waals surface area contributed by atoms with Gasteiger partial charge in [0.2, 0.25) is 41.4 Å². The van der Waals surface area contributed by atoms with Crippen LogP contribution in [0.5, 0.6) is 0 Å². The number of nitrogens with two attached hydrogens (primary N) is 1. The van der Waals surface area contributed by atoms with E-state index < -0.39 is 78.2 Å². The second-order valence-electron chi connectivity index (χ2n) is 16.3. The zero-order valence-corrected chi connectivity index (χ0v) is 36.4. The van der Waals surface area contributed by atoms with Crippen LogP contribution >= 0.6 is 0 Å². The van der Waals surface area contributed by atoms with E-state index in [1.165, 1.54) is 25.7 Å². The van der Waals surface area contributed by atoms with E-state index >= 15 is 0 Å². The van der Waals surface area contributed by atoms with E-state index in [2.05, 4.69) is 37.2 Å². The fourth-order valence-corrected chi connectivity index (χ4v) is 7.33. The first kappa shape index (κ1) is 48.5. The highest BCUT2D eigenvalue weighted by Crippen LogP contribution is 2.32. The van der Waals surface area contributed by atoms with E-state index in [1.807, 2.05) is 20.8 Å². The molecule has 18 nitrogen and oxygen atoms in total. The van der Waals surface area contributed by atoms with Gasteiger partial charge in [0.25, 0.3) is 0 Å².